The Hall–Kier alpha value is -1.31. The number of carbonyl (C=O) groups excluding carboxylic acids is 1. The van der Waals surface area contributed by atoms with Crippen molar-refractivity contribution in [1.29, 1.82) is 0 Å². The van der Waals surface area contributed by atoms with Crippen molar-refractivity contribution in [3.63, 3.8) is 0 Å². The smallest absolute Gasteiger partial charge is 0.251 e. The first-order valence-electron chi connectivity index (χ1n) is 7.51. The summed E-state index contributed by atoms with van der Waals surface area (Å²) in [7, 11) is 0. The van der Waals surface area contributed by atoms with E-state index in [0.717, 1.165) is 17.4 Å². The van der Waals surface area contributed by atoms with Crippen LogP contribution < -0.4 is 5.32 Å². The van der Waals surface area contributed by atoms with Crippen LogP contribution in [0.25, 0.3) is 0 Å². The molecule has 1 aromatic carbocycles. The molecule has 0 aromatic heterocycles. The minimum absolute atomic E-state index is 0.0790. The van der Waals surface area contributed by atoms with E-state index in [-0.39, 0.29) is 5.91 Å². The molecule has 2 fully saturated rings. The van der Waals surface area contributed by atoms with E-state index in [2.05, 4.69) is 12.2 Å². The van der Waals surface area contributed by atoms with Crippen molar-refractivity contribution in [3.8, 4) is 0 Å². The fraction of sp³-hybridized carbons (Fsp3) is 0.588. The number of carbonyl (C=O) groups is 1. The van der Waals surface area contributed by atoms with Gasteiger partial charge < -0.3 is 5.32 Å². The summed E-state index contributed by atoms with van der Waals surface area (Å²) in [6.45, 7) is 4.22. The van der Waals surface area contributed by atoms with Crippen molar-refractivity contribution in [3.05, 3.63) is 35.4 Å². The van der Waals surface area contributed by atoms with Crippen LogP contribution in [0.1, 0.15) is 48.5 Å². The zero-order valence-corrected chi connectivity index (χ0v) is 11.9. The fourth-order valence-corrected chi connectivity index (χ4v) is 4.01. The monoisotopic (exact) mass is 257 g/mol. The van der Waals surface area contributed by atoms with E-state index in [9.17, 15) is 4.79 Å². The zero-order chi connectivity index (χ0) is 13.4. The predicted octanol–water partition coefficient (Wildman–Crippen LogP) is 3.55. The molecular formula is C17H23NO. The van der Waals surface area contributed by atoms with Gasteiger partial charge in [-0.25, -0.2) is 0 Å². The predicted molar refractivity (Wildman–Crippen MR) is 77.0 cm³/mol. The highest BCUT2D eigenvalue weighted by molar-refractivity contribution is 5.94. The molecule has 2 aliphatic rings. The summed E-state index contributed by atoms with van der Waals surface area (Å²) in [4.78, 5) is 12.2. The first kappa shape index (κ1) is 12.7. The maximum atomic E-state index is 12.2. The van der Waals surface area contributed by atoms with Crippen molar-refractivity contribution in [2.24, 2.45) is 17.8 Å². The summed E-state index contributed by atoms with van der Waals surface area (Å²) >= 11 is 0. The topological polar surface area (TPSA) is 29.1 Å². The standard InChI is InChI=1S/C17H23NO/c1-11-3-6-14(7-4-11)17(19)18-12(2)16-10-13-5-8-15(16)9-13/h3-4,6-7,12-13,15-16H,5,8-10H2,1-2H3,(H,18,19)/t12-,13-,15-,16+/m0/s1. The van der Waals surface area contributed by atoms with Crippen LogP contribution >= 0.6 is 0 Å². The molecule has 1 amide bonds. The Balaban J connectivity index is 1.61. The summed E-state index contributed by atoms with van der Waals surface area (Å²) in [5, 5.41) is 3.20. The second-order valence-corrected chi connectivity index (χ2v) is 6.47. The molecule has 4 atom stereocenters. The van der Waals surface area contributed by atoms with Crippen molar-refractivity contribution < 1.29 is 4.79 Å². The fourth-order valence-electron chi connectivity index (χ4n) is 4.01. The Morgan fingerprint density at radius 2 is 1.95 bits per heavy atom. The van der Waals surface area contributed by atoms with Crippen LogP contribution in [0.3, 0.4) is 0 Å². The highest BCUT2D eigenvalue weighted by Crippen LogP contribution is 2.49. The minimum atomic E-state index is 0.0790. The van der Waals surface area contributed by atoms with E-state index in [0.29, 0.717) is 12.0 Å². The lowest BCUT2D eigenvalue weighted by atomic mass is 9.84. The SMILES string of the molecule is Cc1ccc(C(=O)N[C@@H](C)[C@H]2C[C@H]3CC[C@H]2C3)cc1. The van der Waals surface area contributed by atoms with E-state index < -0.39 is 0 Å². The number of rotatable bonds is 3. The number of fused-ring (bicyclic) bond motifs is 2. The molecule has 2 saturated carbocycles. The average Bonchev–Trinajstić information content (AvgIpc) is 3.01. The van der Waals surface area contributed by atoms with E-state index in [4.69, 9.17) is 0 Å². The Morgan fingerprint density at radius 3 is 2.53 bits per heavy atom. The molecule has 2 nitrogen and oxygen atoms in total. The van der Waals surface area contributed by atoms with Gasteiger partial charge in [0.25, 0.3) is 5.91 Å². The normalized spacial score (nSPS) is 30.3. The van der Waals surface area contributed by atoms with E-state index in [1.807, 2.05) is 31.2 Å². The zero-order valence-electron chi connectivity index (χ0n) is 11.9. The maximum Gasteiger partial charge on any atom is 0.251 e. The summed E-state index contributed by atoms with van der Waals surface area (Å²) in [6, 6.07) is 8.13. The molecule has 19 heavy (non-hydrogen) atoms. The van der Waals surface area contributed by atoms with Gasteiger partial charge in [0.05, 0.1) is 0 Å². The van der Waals surface area contributed by atoms with Crippen LogP contribution in [0.4, 0.5) is 0 Å². The van der Waals surface area contributed by atoms with Gasteiger partial charge in [0, 0.05) is 11.6 Å². The van der Waals surface area contributed by atoms with E-state index >= 15 is 0 Å². The quantitative estimate of drug-likeness (QED) is 0.881. The number of amides is 1. The molecule has 0 radical (unpaired) electrons. The lowest BCUT2D eigenvalue weighted by molar-refractivity contribution is 0.0915. The second kappa shape index (κ2) is 4.99. The third kappa shape index (κ3) is 2.54. The Bertz CT molecular complexity index is 465. The van der Waals surface area contributed by atoms with Crippen molar-refractivity contribution >= 4 is 5.91 Å². The van der Waals surface area contributed by atoms with Crippen molar-refractivity contribution in [2.45, 2.75) is 45.6 Å². The van der Waals surface area contributed by atoms with Crippen LogP contribution in [-0.2, 0) is 0 Å². The van der Waals surface area contributed by atoms with Crippen LogP contribution in [-0.4, -0.2) is 11.9 Å². The molecule has 2 aliphatic carbocycles. The molecule has 0 aliphatic heterocycles. The number of nitrogens with one attached hydrogen (secondary N) is 1. The summed E-state index contributed by atoms with van der Waals surface area (Å²) in [6.07, 6.45) is 5.51. The van der Waals surface area contributed by atoms with Gasteiger partial charge in [-0.3, -0.25) is 4.79 Å². The van der Waals surface area contributed by atoms with Gasteiger partial charge in [-0.05, 0) is 63.0 Å². The van der Waals surface area contributed by atoms with Gasteiger partial charge in [0.1, 0.15) is 0 Å². The number of aryl methyl sites for hydroxylation is 1. The van der Waals surface area contributed by atoms with Crippen LogP contribution in [0.5, 0.6) is 0 Å². The van der Waals surface area contributed by atoms with Crippen LogP contribution in [0.15, 0.2) is 24.3 Å². The molecule has 0 unspecified atom stereocenters. The number of benzene rings is 1. The molecule has 0 spiro atoms. The summed E-state index contributed by atoms with van der Waals surface area (Å²) < 4.78 is 0. The van der Waals surface area contributed by atoms with Gasteiger partial charge in [-0.1, -0.05) is 24.1 Å². The van der Waals surface area contributed by atoms with Crippen molar-refractivity contribution in [1.82, 2.24) is 5.32 Å². The second-order valence-electron chi connectivity index (χ2n) is 6.47. The highest BCUT2D eigenvalue weighted by Gasteiger charge is 2.42. The lowest BCUT2D eigenvalue weighted by Crippen LogP contribution is -2.40. The minimum Gasteiger partial charge on any atom is -0.349 e. The summed E-state index contributed by atoms with van der Waals surface area (Å²) in [5.74, 6) is 2.58. The Labute approximate surface area is 115 Å². The first-order chi connectivity index (χ1) is 9.13. The summed E-state index contributed by atoms with van der Waals surface area (Å²) in [5.41, 5.74) is 1.97. The number of hydrogen-bond donors (Lipinski definition) is 1. The maximum absolute atomic E-state index is 12.2. The molecule has 0 heterocycles. The third-order valence-corrected chi connectivity index (χ3v) is 5.11. The molecular weight excluding hydrogens is 234 g/mol. The Kier molecular flexibility index (Phi) is 3.34. The molecule has 3 rings (SSSR count). The molecule has 2 heteroatoms. The van der Waals surface area contributed by atoms with E-state index in [1.54, 1.807) is 0 Å². The molecule has 102 valence electrons. The molecule has 1 aromatic rings. The lowest BCUT2D eigenvalue weighted by Gasteiger charge is -2.28. The number of hydrogen-bond acceptors (Lipinski definition) is 1. The van der Waals surface area contributed by atoms with Gasteiger partial charge in [0.15, 0.2) is 0 Å². The van der Waals surface area contributed by atoms with Crippen molar-refractivity contribution in [2.75, 3.05) is 0 Å². The molecule has 1 N–H and O–H groups in total. The van der Waals surface area contributed by atoms with Crippen LogP contribution in [0, 0.1) is 24.7 Å². The molecule has 0 saturated heterocycles. The largest absolute Gasteiger partial charge is 0.349 e. The average molecular weight is 257 g/mol. The highest BCUT2D eigenvalue weighted by atomic mass is 16.1. The van der Waals surface area contributed by atoms with Gasteiger partial charge >= 0.3 is 0 Å². The van der Waals surface area contributed by atoms with E-state index in [1.165, 1.54) is 31.2 Å². The van der Waals surface area contributed by atoms with Crippen LogP contribution in [0.2, 0.25) is 0 Å². The van der Waals surface area contributed by atoms with Gasteiger partial charge in [-0.15, -0.1) is 0 Å². The van der Waals surface area contributed by atoms with Gasteiger partial charge in [-0.2, -0.15) is 0 Å². The van der Waals surface area contributed by atoms with Gasteiger partial charge in [0.2, 0.25) is 0 Å². The Morgan fingerprint density at radius 1 is 1.21 bits per heavy atom. The molecule has 2 bridgehead atoms. The first-order valence-corrected chi connectivity index (χ1v) is 7.51. The third-order valence-electron chi connectivity index (χ3n) is 5.11.